The maximum Gasteiger partial charge on any atom is 0.325 e. The van der Waals surface area contributed by atoms with Crippen LogP contribution in [0.25, 0.3) is 11.3 Å². The number of amides is 2. The molecule has 30 heavy (non-hydrogen) atoms. The number of primary amides is 1. The Bertz CT molecular complexity index is 980. The summed E-state index contributed by atoms with van der Waals surface area (Å²) < 4.78 is 20.3. The molecule has 0 saturated carbocycles. The van der Waals surface area contributed by atoms with E-state index in [0.717, 1.165) is 24.8 Å². The Hall–Kier alpha value is -3.00. The third kappa shape index (κ3) is 5.13. The monoisotopic (exact) mass is 428 g/mol. The number of aromatic nitrogens is 2. The molecule has 0 aliphatic rings. The van der Waals surface area contributed by atoms with Crippen molar-refractivity contribution < 1.29 is 13.9 Å². The maximum absolute atomic E-state index is 14.7. The second-order valence-corrected chi connectivity index (χ2v) is 7.76. The summed E-state index contributed by atoms with van der Waals surface area (Å²) in [4.78, 5) is 21.8. The van der Waals surface area contributed by atoms with Gasteiger partial charge in [0.15, 0.2) is 16.7 Å². The van der Waals surface area contributed by atoms with Crippen LogP contribution in [0.1, 0.15) is 33.1 Å². The number of nitrogens with zero attached hydrogens (tertiary/aromatic N) is 3. The van der Waals surface area contributed by atoms with E-state index in [4.69, 9.17) is 10.5 Å². The van der Waals surface area contributed by atoms with Gasteiger partial charge in [-0.3, -0.25) is 4.98 Å². The molecule has 3 aromatic rings. The Kier molecular flexibility index (Phi) is 7.35. The largest absolute Gasteiger partial charge is 0.490 e. The average Bonchev–Trinajstić information content (AvgIpc) is 3.22. The summed E-state index contributed by atoms with van der Waals surface area (Å²) in [6.45, 7) is 4.68. The molecule has 0 fully saturated rings. The number of pyridine rings is 1. The summed E-state index contributed by atoms with van der Waals surface area (Å²) in [5.41, 5.74) is 7.35. The van der Waals surface area contributed by atoms with Crippen LogP contribution in [0.3, 0.4) is 0 Å². The number of carbonyl (C=O) groups excluding carboxylic acids is 1. The minimum atomic E-state index is -0.746. The van der Waals surface area contributed by atoms with E-state index in [2.05, 4.69) is 23.8 Å². The van der Waals surface area contributed by atoms with Crippen LogP contribution in [0.4, 0.5) is 20.0 Å². The van der Waals surface area contributed by atoms with Gasteiger partial charge >= 0.3 is 6.03 Å². The first kappa shape index (κ1) is 21.7. The zero-order valence-corrected chi connectivity index (χ0v) is 17.9. The fourth-order valence-corrected chi connectivity index (χ4v) is 3.97. The predicted octanol–water partition coefficient (Wildman–Crippen LogP) is 5.77. The predicted molar refractivity (Wildman–Crippen MR) is 118 cm³/mol. The number of halogens is 1. The fourth-order valence-electron chi connectivity index (χ4n) is 3.11. The molecule has 158 valence electrons. The van der Waals surface area contributed by atoms with Gasteiger partial charge in [-0.1, -0.05) is 26.7 Å². The number of benzene rings is 1. The van der Waals surface area contributed by atoms with Crippen molar-refractivity contribution in [1.29, 1.82) is 0 Å². The molecule has 0 aliphatic carbocycles. The van der Waals surface area contributed by atoms with E-state index >= 15 is 0 Å². The molecule has 2 amide bonds. The normalized spacial score (nSPS) is 11.8. The van der Waals surface area contributed by atoms with Crippen molar-refractivity contribution in [1.82, 2.24) is 9.97 Å². The van der Waals surface area contributed by atoms with Crippen molar-refractivity contribution in [2.24, 2.45) is 11.7 Å². The van der Waals surface area contributed by atoms with Gasteiger partial charge in [0.05, 0.1) is 18.0 Å². The molecule has 0 bridgehead atoms. The first-order valence-electron chi connectivity index (χ1n) is 9.91. The van der Waals surface area contributed by atoms with E-state index in [0.29, 0.717) is 29.0 Å². The third-order valence-corrected chi connectivity index (χ3v) is 5.61. The van der Waals surface area contributed by atoms with Gasteiger partial charge in [-0.2, -0.15) is 0 Å². The summed E-state index contributed by atoms with van der Waals surface area (Å²) in [6, 6.07) is 7.30. The number of carbonyl (C=O) groups is 1. The Labute approximate surface area is 179 Å². The Morgan fingerprint density at radius 1 is 1.33 bits per heavy atom. The van der Waals surface area contributed by atoms with Crippen molar-refractivity contribution in [2.45, 2.75) is 33.1 Å². The van der Waals surface area contributed by atoms with E-state index in [1.54, 1.807) is 29.9 Å². The molecule has 6 nitrogen and oxygen atoms in total. The smallest absolute Gasteiger partial charge is 0.325 e. The van der Waals surface area contributed by atoms with E-state index in [1.807, 2.05) is 6.07 Å². The first-order chi connectivity index (χ1) is 14.5. The van der Waals surface area contributed by atoms with E-state index < -0.39 is 11.8 Å². The van der Waals surface area contributed by atoms with Crippen LogP contribution in [-0.2, 0) is 0 Å². The average molecular weight is 429 g/mol. The molecule has 3 rings (SSSR count). The van der Waals surface area contributed by atoms with Crippen LogP contribution in [-0.4, -0.2) is 22.6 Å². The SMILES string of the molecule is CCCC(CC)COc1ccc(N(C(N)=O)c2nc(-c3cccnc3)cs2)cc1F. The van der Waals surface area contributed by atoms with Crippen molar-refractivity contribution in [3.8, 4) is 17.0 Å². The summed E-state index contributed by atoms with van der Waals surface area (Å²) in [5, 5.41) is 2.15. The molecule has 0 radical (unpaired) electrons. The number of hydrogen-bond donors (Lipinski definition) is 1. The van der Waals surface area contributed by atoms with Crippen LogP contribution in [0.5, 0.6) is 5.75 Å². The molecule has 0 aliphatic heterocycles. The van der Waals surface area contributed by atoms with Gasteiger partial charge in [0.2, 0.25) is 0 Å². The number of thiazole rings is 1. The molecule has 8 heteroatoms. The van der Waals surface area contributed by atoms with Gasteiger partial charge in [0.1, 0.15) is 0 Å². The van der Waals surface area contributed by atoms with Crippen molar-refractivity contribution >= 4 is 28.2 Å². The van der Waals surface area contributed by atoms with Gasteiger partial charge in [-0.15, -0.1) is 11.3 Å². The molecule has 2 aromatic heterocycles. The van der Waals surface area contributed by atoms with Gasteiger partial charge in [0, 0.05) is 29.4 Å². The molecule has 0 saturated heterocycles. The Morgan fingerprint density at radius 3 is 2.80 bits per heavy atom. The summed E-state index contributed by atoms with van der Waals surface area (Å²) in [7, 11) is 0. The molecular weight excluding hydrogens is 403 g/mol. The number of ether oxygens (including phenoxy) is 1. The van der Waals surface area contributed by atoms with E-state index in [9.17, 15) is 9.18 Å². The van der Waals surface area contributed by atoms with Crippen LogP contribution < -0.4 is 15.4 Å². The molecule has 1 atom stereocenters. The lowest BCUT2D eigenvalue weighted by molar-refractivity contribution is 0.226. The van der Waals surface area contributed by atoms with Gasteiger partial charge < -0.3 is 10.5 Å². The van der Waals surface area contributed by atoms with Crippen LogP contribution in [0.2, 0.25) is 0 Å². The van der Waals surface area contributed by atoms with Gasteiger partial charge in [-0.05, 0) is 36.6 Å². The Balaban J connectivity index is 1.81. The topological polar surface area (TPSA) is 81.3 Å². The standard InChI is InChI=1S/C22H25FN4O2S/c1-3-6-15(4-2)13-29-20-9-8-17(11-18(20)23)27(21(24)28)22-26-19(14-30-22)16-7-5-10-25-12-16/h5,7-12,14-15H,3-4,6,13H2,1-2H3,(H2,24,28). The molecule has 2 heterocycles. The summed E-state index contributed by atoms with van der Waals surface area (Å²) in [5.74, 6) is -0.000498. The number of anilines is 2. The highest BCUT2D eigenvalue weighted by Gasteiger charge is 2.21. The van der Waals surface area contributed by atoms with Crippen LogP contribution >= 0.6 is 11.3 Å². The van der Waals surface area contributed by atoms with Crippen LogP contribution in [0.15, 0.2) is 48.1 Å². The summed E-state index contributed by atoms with van der Waals surface area (Å²) >= 11 is 1.24. The van der Waals surface area contributed by atoms with Crippen molar-refractivity contribution in [2.75, 3.05) is 11.5 Å². The lowest BCUT2D eigenvalue weighted by Crippen LogP contribution is -2.31. The zero-order chi connectivity index (χ0) is 21.5. The first-order valence-corrected chi connectivity index (χ1v) is 10.8. The third-order valence-electron chi connectivity index (χ3n) is 4.78. The van der Waals surface area contributed by atoms with E-state index in [-0.39, 0.29) is 5.75 Å². The number of urea groups is 1. The second-order valence-electron chi connectivity index (χ2n) is 6.92. The molecule has 1 unspecified atom stereocenters. The minimum Gasteiger partial charge on any atom is -0.490 e. The van der Waals surface area contributed by atoms with E-state index in [1.165, 1.54) is 28.4 Å². The number of nitrogens with two attached hydrogens (primary N) is 1. The molecule has 1 aromatic carbocycles. The highest BCUT2D eigenvalue weighted by atomic mass is 32.1. The number of hydrogen-bond acceptors (Lipinski definition) is 5. The summed E-state index contributed by atoms with van der Waals surface area (Å²) in [6.07, 6.45) is 6.43. The van der Waals surface area contributed by atoms with Crippen molar-refractivity contribution in [3.63, 3.8) is 0 Å². The van der Waals surface area contributed by atoms with Gasteiger partial charge in [-0.25, -0.2) is 19.1 Å². The fraction of sp³-hybridized carbons (Fsp3) is 0.318. The molecular formula is C22H25FN4O2S. The quantitative estimate of drug-likeness (QED) is 0.469. The second kappa shape index (κ2) is 10.2. The number of rotatable bonds is 9. The van der Waals surface area contributed by atoms with Crippen LogP contribution in [0, 0.1) is 11.7 Å². The molecule has 2 N–H and O–H groups in total. The molecule has 0 spiro atoms. The van der Waals surface area contributed by atoms with Crippen molar-refractivity contribution in [3.05, 3.63) is 53.9 Å². The Morgan fingerprint density at radius 2 is 2.17 bits per heavy atom. The zero-order valence-electron chi connectivity index (χ0n) is 17.0. The lowest BCUT2D eigenvalue weighted by atomic mass is 10.0. The highest BCUT2D eigenvalue weighted by molar-refractivity contribution is 7.14. The lowest BCUT2D eigenvalue weighted by Gasteiger charge is -2.19. The van der Waals surface area contributed by atoms with Gasteiger partial charge in [0.25, 0.3) is 0 Å². The maximum atomic E-state index is 14.7. The minimum absolute atomic E-state index is 0.160. The highest BCUT2D eigenvalue weighted by Crippen LogP contribution is 2.33.